The summed E-state index contributed by atoms with van der Waals surface area (Å²) in [6, 6.07) is 25.1. The third-order valence-corrected chi connectivity index (χ3v) is 6.64. The van der Waals surface area contributed by atoms with E-state index in [1.165, 1.54) is 16.7 Å². The lowest BCUT2D eigenvalue weighted by molar-refractivity contribution is 0.0988. The van der Waals surface area contributed by atoms with Crippen molar-refractivity contribution in [1.82, 2.24) is 0 Å². The number of anilines is 2. The number of nitrogens with one attached hydrogen (secondary N) is 1. The van der Waals surface area contributed by atoms with Crippen molar-refractivity contribution >= 4 is 17.3 Å². The van der Waals surface area contributed by atoms with Crippen LogP contribution in [0, 0.1) is 12.8 Å². The van der Waals surface area contributed by atoms with Gasteiger partial charge in [-0.3, -0.25) is 4.79 Å². The van der Waals surface area contributed by atoms with Crippen LogP contribution in [0.3, 0.4) is 0 Å². The Morgan fingerprint density at radius 2 is 1.87 bits per heavy atom. The number of carbonyl (C=O) groups is 1. The standard InChI is InChI=1S/C28H28N2O/c1-3-30(22-11-5-4-6-12-22)28(31)21-15-16-26-25(18-21)23-13-8-14-24(23)27(29-26)20-10-7-9-19(2)17-20/h4-13,15-18,23-24,27,29H,3,14H2,1-2H3. The van der Waals surface area contributed by atoms with Crippen LogP contribution >= 0.6 is 0 Å². The summed E-state index contributed by atoms with van der Waals surface area (Å²) in [7, 11) is 0. The molecule has 2 aliphatic rings. The van der Waals surface area contributed by atoms with Crippen LogP contribution in [0.5, 0.6) is 0 Å². The Balaban J connectivity index is 1.49. The predicted octanol–water partition coefficient (Wildman–Crippen LogP) is 6.49. The Morgan fingerprint density at radius 3 is 2.65 bits per heavy atom. The van der Waals surface area contributed by atoms with Crippen molar-refractivity contribution in [2.75, 3.05) is 16.8 Å². The molecule has 1 aliphatic heterocycles. The van der Waals surface area contributed by atoms with Gasteiger partial charge < -0.3 is 10.2 Å². The summed E-state index contributed by atoms with van der Waals surface area (Å²) in [4.78, 5) is 15.2. The molecule has 156 valence electrons. The molecule has 0 saturated carbocycles. The van der Waals surface area contributed by atoms with E-state index >= 15 is 0 Å². The van der Waals surface area contributed by atoms with E-state index in [0.717, 1.165) is 23.4 Å². The summed E-state index contributed by atoms with van der Waals surface area (Å²) in [6.07, 6.45) is 5.68. The van der Waals surface area contributed by atoms with Gasteiger partial charge in [0, 0.05) is 29.4 Å². The molecule has 0 saturated heterocycles. The molecule has 3 nitrogen and oxygen atoms in total. The molecule has 3 aromatic carbocycles. The minimum Gasteiger partial charge on any atom is -0.378 e. The van der Waals surface area contributed by atoms with Crippen LogP contribution in [0.15, 0.2) is 84.9 Å². The zero-order valence-electron chi connectivity index (χ0n) is 18.1. The van der Waals surface area contributed by atoms with Gasteiger partial charge in [-0.25, -0.2) is 0 Å². The summed E-state index contributed by atoms with van der Waals surface area (Å²) in [5, 5.41) is 3.79. The molecule has 1 heterocycles. The van der Waals surface area contributed by atoms with Gasteiger partial charge in [-0.2, -0.15) is 0 Å². The molecule has 3 unspecified atom stereocenters. The van der Waals surface area contributed by atoms with Crippen LogP contribution < -0.4 is 10.2 Å². The number of benzene rings is 3. The molecule has 31 heavy (non-hydrogen) atoms. The highest BCUT2D eigenvalue weighted by Crippen LogP contribution is 2.50. The van der Waals surface area contributed by atoms with Crippen molar-refractivity contribution < 1.29 is 4.79 Å². The minimum absolute atomic E-state index is 0.0517. The molecule has 1 aliphatic carbocycles. The first kappa shape index (κ1) is 19.6. The Kier molecular flexibility index (Phi) is 5.11. The van der Waals surface area contributed by atoms with Crippen molar-refractivity contribution in [3.63, 3.8) is 0 Å². The van der Waals surface area contributed by atoms with Crippen molar-refractivity contribution in [2.24, 2.45) is 5.92 Å². The predicted molar refractivity (Wildman–Crippen MR) is 128 cm³/mol. The molecule has 3 atom stereocenters. The summed E-state index contributed by atoms with van der Waals surface area (Å²) in [5.74, 6) is 0.855. The van der Waals surface area contributed by atoms with E-state index in [9.17, 15) is 4.79 Å². The molecule has 0 spiro atoms. The van der Waals surface area contributed by atoms with Crippen molar-refractivity contribution in [3.8, 4) is 0 Å². The molecular formula is C28H28N2O. The number of amides is 1. The highest BCUT2D eigenvalue weighted by Gasteiger charge is 2.38. The largest absolute Gasteiger partial charge is 0.378 e. The Hall–Kier alpha value is -3.33. The maximum atomic E-state index is 13.4. The van der Waals surface area contributed by atoms with Crippen LogP contribution in [-0.2, 0) is 0 Å². The molecule has 3 aromatic rings. The smallest absolute Gasteiger partial charge is 0.258 e. The van der Waals surface area contributed by atoms with Gasteiger partial charge in [-0.15, -0.1) is 0 Å². The third kappa shape index (κ3) is 3.54. The van der Waals surface area contributed by atoms with Gasteiger partial charge >= 0.3 is 0 Å². The van der Waals surface area contributed by atoms with Gasteiger partial charge in [-0.05, 0) is 67.6 Å². The first-order valence-corrected chi connectivity index (χ1v) is 11.2. The van der Waals surface area contributed by atoms with E-state index in [4.69, 9.17) is 0 Å². The monoisotopic (exact) mass is 408 g/mol. The summed E-state index contributed by atoms with van der Waals surface area (Å²) in [6.45, 7) is 4.81. The van der Waals surface area contributed by atoms with Crippen molar-refractivity contribution in [2.45, 2.75) is 32.2 Å². The topological polar surface area (TPSA) is 32.3 Å². The average Bonchev–Trinajstić information content (AvgIpc) is 3.30. The highest BCUT2D eigenvalue weighted by atomic mass is 16.2. The SMILES string of the molecule is CCN(C(=O)c1ccc2c(c1)C1C=CCC1C(c1cccc(C)c1)N2)c1ccccc1. The van der Waals surface area contributed by atoms with Crippen LogP contribution in [-0.4, -0.2) is 12.5 Å². The van der Waals surface area contributed by atoms with E-state index in [-0.39, 0.29) is 11.9 Å². The second-order valence-corrected chi connectivity index (χ2v) is 8.58. The number of carbonyl (C=O) groups excluding carboxylic acids is 1. The summed E-state index contributed by atoms with van der Waals surface area (Å²) < 4.78 is 0. The second-order valence-electron chi connectivity index (χ2n) is 8.58. The van der Waals surface area contributed by atoms with Crippen LogP contribution in [0.1, 0.15) is 52.4 Å². The zero-order chi connectivity index (χ0) is 21.4. The number of allylic oxidation sites excluding steroid dienone is 2. The number of nitrogens with zero attached hydrogens (tertiary/aromatic N) is 1. The fraction of sp³-hybridized carbons (Fsp3) is 0.250. The number of aryl methyl sites for hydroxylation is 1. The molecule has 0 aromatic heterocycles. The van der Waals surface area contributed by atoms with E-state index in [0.29, 0.717) is 18.4 Å². The molecule has 0 bridgehead atoms. The maximum Gasteiger partial charge on any atom is 0.258 e. The molecule has 1 amide bonds. The van der Waals surface area contributed by atoms with Gasteiger partial charge in [0.15, 0.2) is 0 Å². The van der Waals surface area contributed by atoms with E-state index in [1.807, 2.05) is 48.2 Å². The molecule has 3 heteroatoms. The second kappa shape index (κ2) is 8.07. The highest BCUT2D eigenvalue weighted by molar-refractivity contribution is 6.06. The number of para-hydroxylation sites is 1. The Morgan fingerprint density at radius 1 is 1.03 bits per heavy atom. The Labute approximate surface area is 184 Å². The number of hydrogen-bond donors (Lipinski definition) is 1. The normalized spacial score (nSPS) is 21.2. The van der Waals surface area contributed by atoms with E-state index < -0.39 is 0 Å². The first-order valence-electron chi connectivity index (χ1n) is 11.2. The fourth-order valence-electron chi connectivity index (χ4n) is 5.13. The molecule has 0 radical (unpaired) electrons. The lowest BCUT2D eigenvalue weighted by atomic mass is 9.76. The quantitative estimate of drug-likeness (QED) is 0.501. The molecule has 0 fully saturated rings. The van der Waals surface area contributed by atoms with Crippen LogP contribution in [0.4, 0.5) is 11.4 Å². The molecular weight excluding hydrogens is 380 g/mol. The molecule has 5 rings (SSSR count). The minimum atomic E-state index is 0.0517. The van der Waals surface area contributed by atoms with Crippen molar-refractivity contribution in [1.29, 1.82) is 0 Å². The zero-order valence-corrected chi connectivity index (χ0v) is 18.1. The van der Waals surface area contributed by atoms with Crippen molar-refractivity contribution in [3.05, 3.63) is 107 Å². The van der Waals surface area contributed by atoms with Crippen LogP contribution in [0.25, 0.3) is 0 Å². The Bertz CT molecular complexity index is 1130. The van der Waals surface area contributed by atoms with E-state index in [1.54, 1.807) is 0 Å². The molecule has 1 N–H and O–H groups in total. The van der Waals surface area contributed by atoms with Gasteiger partial charge in [0.25, 0.3) is 5.91 Å². The average molecular weight is 409 g/mol. The van der Waals surface area contributed by atoms with Crippen LogP contribution in [0.2, 0.25) is 0 Å². The maximum absolute atomic E-state index is 13.4. The van der Waals surface area contributed by atoms with Gasteiger partial charge in [-0.1, -0.05) is 60.2 Å². The lowest BCUT2D eigenvalue weighted by Crippen LogP contribution is -2.32. The number of hydrogen-bond acceptors (Lipinski definition) is 2. The van der Waals surface area contributed by atoms with Gasteiger partial charge in [0.2, 0.25) is 0 Å². The van der Waals surface area contributed by atoms with Gasteiger partial charge in [0.05, 0.1) is 6.04 Å². The summed E-state index contributed by atoms with van der Waals surface area (Å²) >= 11 is 0. The summed E-state index contributed by atoms with van der Waals surface area (Å²) in [5.41, 5.74) is 6.68. The van der Waals surface area contributed by atoms with E-state index in [2.05, 4.69) is 60.8 Å². The third-order valence-electron chi connectivity index (χ3n) is 6.64. The first-order chi connectivity index (χ1) is 15.2. The number of fused-ring (bicyclic) bond motifs is 3. The van der Waals surface area contributed by atoms with Gasteiger partial charge in [0.1, 0.15) is 0 Å². The fourth-order valence-corrected chi connectivity index (χ4v) is 5.13. The number of rotatable bonds is 4. The lowest BCUT2D eigenvalue weighted by Gasteiger charge is -2.38.